The molecule has 0 aromatic heterocycles. The van der Waals surface area contributed by atoms with Crippen LogP contribution in [0.25, 0.3) is 0 Å². The number of anilines is 1. The molecule has 0 saturated carbocycles. The van der Waals surface area contributed by atoms with E-state index in [0.717, 1.165) is 5.69 Å². The molecule has 1 heterocycles. The fraction of sp³-hybridized carbons (Fsp3) is 0.167. The zero-order valence-corrected chi connectivity index (χ0v) is 13.2. The van der Waals surface area contributed by atoms with Crippen LogP contribution >= 0.6 is 0 Å². The molecule has 0 aliphatic carbocycles. The van der Waals surface area contributed by atoms with Gasteiger partial charge >= 0.3 is 0 Å². The van der Waals surface area contributed by atoms with Crippen molar-refractivity contribution in [1.29, 1.82) is 0 Å². The van der Waals surface area contributed by atoms with Gasteiger partial charge in [-0.25, -0.2) is 0 Å². The van der Waals surface area contributed by atoms with Gasteiger partial charge in [0.05, 0.1) is 10.5 Å². The van der Waals surface area contributed by atoms with Gasteiger partial charge in [0.15, 0.2) is 0 Å². The smallest absolute Gasteiger partial charge is 0.272 e. The number of fused-ring (bicyclic) bond motifs is 1. The normalized spacial score (nSPS) is 16.3. The molecule has 122 valence electrons. The van der Waals surface area contributed by atoms with E-state index >= 15 is 0 Å². The van der Waals surface area contributed by atoms with Crippen molar-refractivity contribution >= 4 is 17.3 Å². The molecule has 0 radical (unpaired) electrons. The number of nitrogens with zero attached hydrogens (tertiary/aromatic N) is 2. The molecule has 1 N–H and O–H groups in total. The van der Waals surface area contributed by atoms with Gasteiger partial charge in [-0.3, -0.25) is 14.9 Å². The zero-order valence-electron chi connectivity index (χ0n) is 13.2. The monoisotopic (exact) mass is 323 g/mol. The fourth-order valence-corrected chi connectivity index (χ4v) is 2.88. The largest absolute Gasteiger partial charge is 0.361 e. The Morgan fingerprint density at radius 2 is 2.08 bits per heavy atom. The topological polar surface area (TPSA) is 75.5 Å². The summed E-state index contributed by atoms with van der Waals surface area (Å²) in [5.41, 5.74) is 2.59. The van der Waals surface area contributed by atoms with E-state index in [0.29, 0.717) is 23.2 Å². The molecule has 1 aliphatic rings. The van der Waals surface area contributed by atoms with Gasteiger partial charge in [-0.05, 0) is 19.1 Å². The van der Waals surface area contributed by atoms with E-state index in [1.807, 2.05) is 18.2 Å². The lowest BCUT2D eigenvalue weighted by Gasteiger charge is -2.37. The molecule has 24 heavy (non-hydrogen) atoms. The highest BCUT2D eigenvalue weighted by Crippen LogP contribution is 2.34. The number of nitrogens with one attached hydrogen (secondary N) is 1. The first-order valence-electron chi connectivity index (χ1n) is 7.55. The second-order valence-corrected chi connectivity index (χ2v) is 5.64. The summed E-state index contributed by atoms with van der Waals surface area (Å²) in [5.74, 6) is -0.127. The SMILES string of the molecule is C=CCN1C(=O)c2ccccc2N[C@H]1c1ccc(C)c([N+](=O)[O-])c1. The first-order valence-corrected chi connectivity index (χ1v) is 7.55. The number of rotatable bonds is 4. The van der Waals surface area contributed by atoms with Crippen LogP contribution in [0.3, 0.4) is 0 Å². The maximum Gasteiger partial charge on any atom is 0.272 e. The zero-order chi connectivity index (χ0) is 17.3. The number of nitro groups is 1. The van der Waals surface area contributed by atoms with Crippen molar-refractivity contribution in [2.24, 2.45) is 0 Å². The first-order chi connectivity index (χ1) is 11.5. The second kappa shape index (κ2) is 6.16. The minimum Gasteiger partial charge on any atom is -0.361 e. The summed E-state index contributed by atoms with van der Waals surface area (Å²) < 4.78 is 0. The number of hydrogen-bond donors (Lipinski definition) is 1. The van der Waals surface area contributed by atoms with Crippen molar-refractivity contribution in [3.05, 3.63) is 81.9 Å². The van der Waals surface area contributed by atoms with Crippen molar-refractivity contribution in [2.45, 2.75) is 13.1 Å². The second-order valence-electron chi connectivity index (χ2n) is 5.64. The van der Waals surface area contributed by atoms with Crippen LogP contribution in [0.4, 0.5) is 11.4 Å². The lowest BCUT2D eigenvalue weighted by atomic mass is 10.0. The van der Waals surface area contributed by atoms with Crippen molar-refractivity contribution in [3.63, 3.8) is 0 Å². The third kappa shape index (κ3) is 2.62. The summed E-state index contributed by atoms with van der Waals surface area (Å²) in [6, 6.07) is 12.3. The first kappa shape index (κ1) is 15.7. The van der Waals surface area contributed by atoms with Crippen LogP contribution in [0.5, 0.6) is 0 Å². The minimum atomic E-state index is -0.482. The van der Waals surface area contributed by atoms with Crippen LogP contribution in [0, 0.1) is 17.0 Å². The van der Waals surface area contributed by atoms with Crippen LogP contribution < -0.4 is 5.32 Å². The molecule has 1 atom stereocenters. The highest BCUT2D eigenvalue weighted by Gasteiger charge is 2.32. The van der Waals surface area contributed by atoms with Crippen LogP contribution in [0.1, 0.15) is 27.7 Å². The number of benzene rings is 2. The van der Waals surface area contributed by atoms with Crippen molar-refractivity contribution in [1.82, 2.24) is 4.90 Å². The van der Waals surface area contributed by atoms with Crippen LogP contribution in [-0.4, -0.2) is 22.3 Å². The van der Waals surface area contributed by atoms with Gasteiger partial charge in [0.2, 0.25) is 0 Å². The summed E-state index contributed by atoms with van der Waals surface area (Å²) in [6.45, 7) is 5.74. The Labute approximate surface area is 139 Å². The maximum atomic E-state index is 12.8. The molecule has 0 saturated heterocycles. The molecular weight excluding hydrogens is 306 g/mol. The molecule has 2 aromatic carbocycles. The van der Waals surface area contributed by atoms with Gasteiger partial charge in [-0.2, -0.15) is 0 Å². The summed E-state index contributed by atoms with van der Waals surface area (Å²) in [4.78, 5) is 25.2. The molecule has 2 aromatic rings. The molecule has 0 unspecified atom stereocenters. The van der Waals surface area contributed by atoms with E-state index in [1.54, 1.807) is 36.1 Å². The lowest BCUT2D eigenvalue weighted by Crippen LogP contribution is -2.43. The van der Waals surface area contributed by atoms with Crippen LogP contribution in [0.15, 0.2) is 55.1 Å². The quantitative estimate of drug-likeness (QED) is 0.529. The number of para-hydroxylation sites is 1. The fourth-order valence-electron chi connectivity index (χ4n) is 2.88. The number of aryl methyl sites for hydroxylation is 1. The number of carbonyl (C=O) groups is 1. The Morgan fingerprint density at radius 3 is 2.79 bits per heavy atom. The van der Waals surface area contributed by atoms with Gasteiger partial charge in [0.1, 0.15) is 6.17 Å². The lowest BCUT2D eigenvalue weighted by molar-refractivity contribution is -0.385. The van der Waals surface area contributed by atoms with E-state index in [-0.39, 0.29) is 11.6 Å². The highest BCUT2D eigenvalue weighted by molar-refractivity contribution is 6.01. The van der Waals surface area contributed by atoms with Gasteiger partial charge in [-0.1, -0.05) is 30.3 Å². The Kier molecular flexibility index (Phi) is 4.04. The Bertz CT molecular complexity index is 832. The van der Waals surface area contributed by atoms with Crippen LogP contribution in [-0.2, 0) is 0 Å². The van der Waals surface area contributed by atoms with Crippen molar-refractivity contribution in [3.8, 4) is 0 Å². The number of hydrogen-bond acceptors (Lipinski definition) is 4. The summed E-state index contributed by atoms with van der Waals surface area (Å²) >= 11 is 0. The molecule has 1 amide bonds. The van der Waals surface area contributed by atoms with E-state index < -0.39 is 11.1 Å². The van der Waals surface area contributed by atoms with Gasteiger partial charge in [-0.15, -0.1) is 6.58 Å². The minimum absolute atomic E-state index is 0.0409. The van der Waals surface area contributed by atoms with Crippen molar-refractivity contribution < 1.29 is 9.72 Å². The average Bonchev–Trinajstić information content (AvgIpc) is 2.57. The molecular formula is C18H17N3O3. The Morgan fingerprint density at radius 1 is 1.33 bits per heavy atom. The highest BCUT2D eigenvalue weighted by atomic mass is 16.6. The predicted molar refractivity (Wildman–Crippen MR) is 91.9 cm³/mol. The molecule has 6 nitrogen and oxygen atoms in total. The molecule has 0 spiro atoms. The molecule has 3 rings (SSSR count). The number of carbonyl (C=O) groups excluding carboxylic acids is 1. The van der Waals surface area contributed by atoms with E-state index in [1.165, 1.54) is 6.07 Å². The number of nitro benzene ring substituents is 1. The Balaban J connectivity index is 2.09. The number of amides is 1. The van der Waals surface area contributed by atoms with Gasteiger partial charge in [0.25, 0.3) is 11.6 Å². The third-order valence-corrected chi connectivity index (χ3v) is 4.09. The molecule has 6 heteroatoms. The molecule has 0 bridgehead atoms. The van der Waals surface area contributed by atoms with E-state index in [2.05, 4.69) is 11.9 Å². The predicted octanol–water partition coefficient (Wildman–Crippen LogP) is 3.66. The summed E-state index contributed by atoms with van der Waals surface area (Å²) in [5, 5.41) is 14.5. The Hall–Kier alpha value is -3.15. The third-order valence-electron chi connectivity index (χ3n) is 4.09. The average molecular weight is 323 g/mol. The molecule has 0 fully saturated rings. The van der Waals surface area contributed by atoms with Gasteiger partial charge in [0, 0.05) is 29.4 Å². The maximum absolute atomic E-state index is 12.8. The molecule has 1 aliphatic heterocycles. The van der Waals surface area contributed by atoms with Crippen LogP contribution in [0.2, 0.25) is 0 Å². The van der Waals surface area contributed by atoms with Gasteiger partial charge < -0.3 is 10.2 Å². The summed E-state index contributed by atoms with van der Waals surface area (Å²) in [6.07, 6.45) is 1.16. The van der Waals surface area contributed by atoms with Crippen molar-refractivity contribution in [2.75, 3.05) is 11.9 Å². The van der Waals surface area contributed by atoms with E-state index in [9.17, 15) is 14.9 Å². The van der Waals surface area contributed by atoms with E-state index in [4.69, 9.17) is 0 Å². The summed E-state index contributed by atoms with van der Waals surface area (Å²) in [7, 11) is 0. The standard InChI is InChI=1S/C18H17N3O3/c1-3-10-20-17(13-9-8-12(2)16(11-13)21(23)24)19-15-7-5-4-6-14(15)18(20)22/h3-9,11,17,19H,1,10H2,2H3/t17-/m1/s1.